The molecule has 0 radical (unpaired) electrons. The van der Waals surface area contributed by atoms with E-state index in [0.717, 1.165) is 16.9 Å². The molecule has 0 spiro atoms. The van der Waals surface area contributed by atoms with Crippen molar-refractivity contribution >= 4 is 5.97 Å². The summed E-state index contributed by atoms with van der Waals surface area (Å²) in [6.07, 6.45) is 2.06. The van der Waals surface area contributed by atoms with Crippen molar-refractivity contribution in [1.82, 2.24) is 4.98 Å². The van der Waals surface area contributed by atoms with Crippen LogP contribution in [0, 0.1) is 5.82 Å². The van der Waals surface area contributed by atoms with Gasteiger partial charge in [-0.3, -0.25) is 4.79 Å². The summed E-state index contributed by atoms with van der Waals surface area (Å²) in [5, 5.41) is 0. The molecular weight excluding hydrogens is 337 g/mol. The Hall–Kier alpha value is -3.15. The topological polar surface area (TPSA) is 61.6 Å². The molecule has 2 aromatic carbocycles. The van der Waals surface area contributed by atoms with E-state index in [1.165, 1.54) is 12.1 Å². The summed E-state index contributed by atoms with van der Waals surface area (Å²) >= 11 is 0. The van der Waals surface area contributed by atoms with Crippen molar-refractivity contribution in [3.8, 4) is 17.1 Å². The van der Waals surface area contributed by atoms with Crippen molar-refractivity contribution in [3.05, 3.63) is 72.0 Å². The third-order valence-electron chi connectivity index (χ3n) is 3.78. The summed E-state index contributed by atoms with van der Waals surface area (Å²) in [5.74, 6) is 1.08. The summed E-state index contributed by atoms with van der Waals surface area (Å²) in [7, 11) is 1.60. The molecule has 0 saturated heterocycles. The molecule has 0 N–H and O–H groups in total. The lowest BCUT2D eigenvalue weighted by Crippen LogP contribution is -2.06. The molecule has 3 rings (SSSR count). The number of methoxy groups -OCH3 is 1. The van der Waals surface area contributed by atoms with Gasteiger partial charge in [0.05, 0.1) is 19.7 Å². The van der Waals surface area contributed by atoms with Crippen LogP contribution in [0.5, 0.6) is 5.75 Å². The van der Waals surface area contributed by atoms with Crippen LogP contribution in [0.1, 0.15) is 17.9 Å². The molecule has 0 amide bonds. The fourth-order valence-electron chi connectivity index (χ4n) is 2.34. The first-order valence-corrected chi connectivity index (χ1v) is 8.13. The Morgan fingerprint density at radius 3 is 2.54 bits per heavy atom. The Kier molecular flexibility index (Phi) is 5.63. The molecule has 0 aliphatic rings. The molecule has 3 aromatic rings. The minimum absolute atomic E-state index is 0.166. The van der Waals surface area contributed by atoms with Crippen LogP contribution in [0.3, 0.4) is 0 Å². The average Bonchev–Trinajstić information content (AvgIpc) is 3.14. The zero-order valence-corrected chi connectivity index (χ0v) is 14.3. The Morgan fingerprint density at radius 2 is 1.85 bits per heavy atom. The smallest absolute Gasteiger partial charge is 0.306 e. The molecule has 1 aromatic heterocycles. The monoisotopic (exact) mass is 355 g/mol. The van der Waals surface area contributed by atoms with E-state index in [1.807, 2.05) is 24.3 Å². The zero-order chi connectivity index (χ0) is 18.4. The molecule has 0 aliphatic carbocycles. The summed E-state index contributed by atoms with van der Waals surface area (Å²) < 4.78 is 28.9. The molecule has 26 heavy (non-hydrogen) atoms. The molecule has 134 valence electrons. The van der Waals surface area contributed by atoms with Crippen LogP contribution in [0.25, 0.3) is 11.3 Å². The summed E-state index contributed by atoms with van der Waals surface area (Å²) in [6.45, 7) is 0.204. The normalized spacial score (nSPS) is 10.5. The molecule has 0 bridgehead atoms. The minimum Gasteiger partial charge on any atom is -0.497 e. The molecule has 0 atom stereocenters. The van der Waals surface area contributed by atoms with Crippen LogP contribution in [-0.4, -0.2) is 18.1 Å². The van der Waals surface area contributed by atoms with E-state index < -0.39 is 0 Å². The number of hydrogen-bond acceptors (Lipinski definition) is 5. The predicted molar refractivity (Wildman–Crippen MR) is 93.0 cm³/mol. The Labute approximate surface area is 150 Å². The van der Waals surface area contributed by atoms with Crippen molar-refractivity contribution in [3.63, 3.8) is 0 Å². The number of aromatic nitrogens is 1. The first-order valence-electron chi connectivity index (χ1n) is 8.13. The molecule has 0 unspecified atom stereocenters. The number of ether oxygens (including phenoxy) is 2. The van der Waals surface area contributed by atoms with E-state index in [9.17, 15) is 9.18 Å². The number of aryl methyl sites for hydroxylation is 1. The molecule has 0 fully saturated rings. The lowest BCUT2D eigenvalue weighted by atomic mass is 10.2. The van der Waals surface area contributed by atoms with E-state index in [-0.39, 0.29) is 24.8 Å². The van der Waals surface area contributed by atoms with Crippen LogP contribution in [0.4, 0.5) is 4.39 Å². The van der Waals surface area contributed by atoms with Gasteiger partial charge in [0.2, 0.25) is 0 Å². The van der Waals surface area contributed by atoms with E-state index in [1.54, 1.807) is 25.4 Å². The SMILES string of the molecule is COc1ccc(COC(=O)CCc2ncc(-c3ccc(F)cc3)o2)cc1. The van der Waals surface area contributed by atoms with Gasteiger partial charge in [0.1, 0.15) is 18.2 Å². The van der Waals surface area contributed by atoms with Crippen LogP contribution in [0.15, 0.2) is 59.1 Å². The van der Waals surface area contributed by atoms with Crippen LogP contribution >= 0.6 is 0 Å². The highest BCUT2D eigenvalue weighted by Crippen LogP contribution is 2.21. The van der Waals surface area contributed by atoms with Gasteiger partial charge in [-0.2, -0.15) is 0 Å². The third kappa shape index (κ3) is 4.69. The molecule has 0 saturated carbocycles. The van der Waals surface area contributed by atoms with Crippen molar-refractivity contribution in [2.45, 2.75) is 19.4 Å². The van der Waals surface area contributed by atoms with E-state index in [2.05, 4.69) is 4.98 Å². The lowest BCUT2D eigenvalue weighted by Gasteiger charge is -2.05. The molecular formula is C20H18FNO4. The highest BCUT2D eigenvalue weighted by molar-refractivity contribution is 5.69. The van der Waals surface area contributed by atoms with Gasteiger partial charge in [0.15, 0.2) is 11.7 Å². The predicted octanol–water partition coefficient (Wildman–Crippen LogP) is 4.17. The van der Waals surface area contributed by atoms with Crippen molar-refractivity contribution < 1.29 is 23.1 Å². The van der Waals surface area contributed by atoms with Crippen molar-refractivity contribution in [2.24, 2.45) is 0 Å². The average molecular weight is 355 g/mol. The highest BCUT2D eigenvalue weighted by atomic mass is 19.1. The molecule has 0 aliphatic heterocycles. The van der Waals surface area contributed by atoms with Gasteiger partial charge in [-0.05, 0) is 42.0 Å². The largest absolute Gasteiger partial charge is 0.497 e. The lowest BCUT2D eigenvalue weighted by molar-refractivity contribution is -0.145. The third-order valence-corrected chi connectivity index (χ3v) is 3.78. The molecule has 5 nitrogen and oxygen atoms in total. The number of carbonyl (C=O) groups is 1. The summed E-state index contributed by atoms with van der Waals surface area (Å²) in [6, 6.07) is 13.2. The Bertz CT molecular complexity index is 856. The van der Waals surface area contributed by atoms with Gasteiger partial charge < -0.3 is 13.9 Å². The maximum Gasteiger partial charge on any atom is 0.306 e. The highest BCUT2D eigenvalue weighted by Gasteiger charge is 2.10. The maximum absolute atomic E-state index is 12.9. The fourth-order valence-corrected chi connectivity index (χ4v) is 2.34. The fraction of sp³-hybridized carbons (Fsp3) is 0.200. The van der Waals surface area contributed by atoms with Gasteiger partial charge in [0, 0.05) is 12.0 Å². The van der Waals surface area contributed by atoms with Crippen molar-refractivity contribution in [1.29, 1.82) is 0 Å². The van der Waals surface area contributed by atoms with Gasteiger partial charge in [-0.15, -0.1) is 0 Å². The Balaban J connectivity index is 1.47. The van der Waals surface area contributed by atoms with E-state index >= 15 is 0 Å². The number of halogens is 1. The van der Waals surface area contributed by atoms with Crippen LogP contribution in [-0.2, 0) is 22.6 Å². The van der Waals surface area contributed by atoms with Crippen LogP contribution in [0.2, 0.25) is 0 Å². The minimum atomic E-state index is -0.331. The first kappa shape index (κ1) is 17.7. The van der Waals surface area contributed by atoms with Crippen molar-refractivity contribution in [2.75, 3.05) is 7.11 Å². The zero-order valence-electron chi connectivity index (χ0n) is 14.3. The first-order chi connectivity index (χ1) is 12.6. The molecule has 6 heteroatoms. The number of carbonyl (C=O) groups excluding carboxylic acids is 1. The van der Waals surface area contributed by atoms with E-state index in [0.29, 0.717) is 18.1 Å². The van der Waals surface area contributed by atoms with E-state index in [4.69, 9.17) is 13.9 Å². The number of esters is 1. The molecule has 1 heterocycles. The second-order valence-corrected chi connectivity index (χ2v) is 5.63. The second-order valence-electron chi connectivity index (χ2n) is 5.63. The van der Waals surface area contributed by atoms with Crippen LogP contribution < -0.4 is 4.74 Å². The summed E-state index contributed by atoms with van der Waals surface area (Å²) in [5.41, 5.74) is 1.61. The van der Waals surface area contributed by atoms with Gasteiger partial charge in [-0.25, -0.2) is 9.37 Å². The second kappa shape index (κ2) is 8.29. The number of nitrogens with zero attached hydrogens (tertiary/aromatic N) is 1. The quantitative estimate of drug-likeness (QED) is 0.596. The number of oxazole rings is 1. The van der Waals surface area contributed by atoms with Gasteiger partial charge in [0.25, 0.3) is 0 Å². The van der Waals surface area contributed by atoms with Gasteiger partial charge >= 0.3 is 5.97 Å². The number of benzene rings is 2. The summed E-state index contributed by atoms with van der Waals surface area (Å²) in [4.78, 5) is 16.0. The van der Waals surface area contributed by atoms with Gasteiger partial charge in [-0.1, -0.05) is 12.1 Å². The number of rotatable bonds is 7. The number of hydrogen-bond donors (Lipinski definition) is 0. The Morgan fingerprint density at radius 1 is 1.12 bits per heavy atom. The maximum atomic E-state index is 12.9. The standard InChI is InChI=1S/C20H18FNO4/c1-24-17-8-2-14(3-9-17)13-25-20(23)11-10-19-22-12-18(26-19)15-4-6-16(21)7-5-15/h2-9,12H,10-11,13H2,1H3.